The normalized spacial score (nSPS) is 16.9. The van der Waals surface area contributed by atoms with Gasteiger partial charge in [0.25, 0.3) is 0 Å². The Balaban J connectivity index is 2.08. The second-order valence-corrected chi connectivity index (χ2v) is 5.71. The van der Waals surface area contributed by atoms with Crippen molar-refractivity contribution in [3.63, 3.8) is 0 Å². The molecule has 3 N–H and O–H groups in total. The molecule has 1 saturated carbocycles. The average molecular weight is 277 g/mol. The maximum Gasteiger partial charge on any atom is 0.340 e. The zero-order valence-electron chi connectivity index (χ0n) is 12.2. The Hall–Kier alpha value is -1.78. The van der Waals surface area contributed by atoms with Gasteiger partial charge in [-0.25, -0.2) is 9.78 Å². The molecule has 5 nitrogen and oxygen atoms in total. The summed E-state index contributed by atoms with van der Waals surface area (Å²) in [6.45, 7) is 5.21. The van der Waals surface area contributed by atoms with Crippen LogP contribution in [0.2, 0.25) is 0 Å². The number of nitrogens with two attached hydrogens (primary N) is 1. The molecule has 0 radical (unpaired) electrons. The van der Waals surface area contributed by atoms with Gasteiger partial charge in [-0.05, 0) is 31.2 Å². The van der Waals surface area contributed by atoms with Gasteiger partial charge in [-0.1, -0.05) is 19.8 Å². The van der Waals surface area contributed by atoms with Gasteiger partial charge in [0.15, 0.2) is 0 Å². The first-order valence-corrected chi connectivity index (χ1v) is 7.21. The number of aromatic nitrogens is 1. The lowest BCUT2D eigenvalue weighted by Gasteiger charge is -2.24. The molecule has 20 heavy (non-hydrogen) atoms. The van der Waals surface area contributed by atoms with Crippen LogP contribution >= 0.6 is 0 Å². The number of nitrogens with one attached hydrogen (secondary N) is 1. The summed E-state index contributed by atoms with van der Waals surface area (Å²) in [4.78, 5) is 16.0. The number of carbonyl (C=O) groups excluding carboxylic acids is 1. The van der Waals surface area contributed by atoms with Gasteiger partial charge < -0.3 is 15.8 Å². The van der Waals surface area contributed by atoms with Crippen molar-refractivity contribution in [3.05, 3.63) is 17.8 Å². The smallest absolute Gasteiger partial charge is 0.340 e. The molecule has 0 aliphatic heterocycles. The fourth-order valence-corrected chi connectivity index (χ4v) is 2.70. The fourth-order valence-electron chi connectivity index (χ4n) is 2.70. The van der Waals surface area contributed by atoms with Crippen molar-refractivity contribution in [2.24, 2.45) is 5.41 Å². The summed E-state index contributed by atoms with van der Waals surface area (Å²) in [7, 11) is 0. The Bertz CT molecular complexity index is 482. The molecule has 1 aliphatic carbocycles. The molecule has 0 spiro atoms. The highest BCUT2D eigenvalue weighted by molar-refractivity contribution is 5.97. The summed E-state index contributed by atoms with van der Waals surface area (Å²) in [5, 5.41) is 3.29. The van der Waals surface area contributed by atoms with Crippen LogP contribution in [-0.4, -0.2) is 24.1 Å². The van der Waals surface area contributed by atoms with E-state index in [0.717, 1.165) is 6.54 Å². The number of ether oxygens (including phenoxy) is 1. The predicted molar refractivity (Wildman–Crippen MR) is 79.7 cm³/mol. The SMILES string of the molecule is CCOC(=O)c1ccnc(NCC2(C)CCCC2)c1N. The summed E-state index contributed by atoms with van der Waals surface area (Å²) < 4.78 is 4.99. The van der Waals surface area contributed by atoms with Crippen molar-refractivity contribution in [1.82, 2.24) is 4.98 Å². The first kappa shape index (κ1) is 14.6. The van der Waals surface area contributed by atoms with Crippen LogP contribution in [0.15, 0.2) is 12.3 Å². The van der Waals surface area contributed by atoms with Gasteiger partial charge in [0, 0.05) is 12.7 Å². The van der Waals surface area contributed by atoms with Crippen LogP contribution in [0.5, 0.6) is 0 Å². The molecule has 1 aliphatic rings. The molecular formula is C15H23N3O2. The maximum atomic E-state index is 11.8. The van der Waals surface area contributed by atoms with Crippen molar-refractivity contribution in [3.8, 4) is 0 Å². The Kier molecular flexibility index (Phi) is 4.47. The molecule has 2 rings (SSSR count). The molecule has 0 aromatic carbocycles. The molecular weight excluding hydrogens is 254 g/mol. The van der Waals surface area contributed by atoms with E-state index < -0.39 is 5.97 Å². The lowest BCUT2D eigenvalue weighted by atomic mass is 9.89. The molecule has 0 bridgehead atoms. The van der Waals surface area contributed by atoms with Crippen LogP contribution < -0.4 is 11.1 Å². The van der Waals surface area contributed by atoms with E-state index >= 15 is 0 Å². The standard InChI is InChI=1S/C15H23N3O2/c1-3-20-14(19)11-6-9-17-13(12(11)16)18-10-15(2)7-4-5-8-15/h6,9H,3-5,7-8,10,16H2,1-2H3,(H,17,18). The molecule has 0 atom stereocenters. The minimum absolute atomic E-state index is 0.300. The topological polar surface area (TPSA) is 77.2 Å². The van der Waals surface area contributed by atoms with E-state index in [9.17, 15) is 4.79 Å². The van der Waals surface area contributed by atoms with Crippen LogP contribution in [0, 0.1) is 5.41 Å². The molecule has 1 aromatic heterocycles. The monoisotopic (exact) mass is 277 g/mol. The molecule has 1 aromatic rings. The molecule has 110 valence electrons. The zero-order valence-corrected chi connectivity index (χ0v) is 12.2. The number of rotatable bonds is 5. The maximum absolute atomic E-state index is 11.8. The number of hydrogen-bond donors (Lipinski definition) is 2. The second kappa shape index (κ2) is 6.11. The van der Waals surface area contributed by atoms with Gasteiger partial charge in [-0.15, -0.1) is 0 Å². The van der Waals surface area contributed by atoms with Crippen LogP contribution in [-0.2, 0) is 4.74 Å². The number of carbonyl (C=O) groups is 1. The Morgan fingerprint density at radius 2 is 2.20 bits per heavy atom. The molecule has 5 heteroatoms. The van der Waals surface area contributed by atoms with E-state index in [1.807, 2.05) is 0 Å². The number of nitrogens with zero attached hydrogens (tertiary/aromatic N) is 1. The fraction of sp³-hybridized carbons (Fsp3) is 0.600. The van der Waals surface area contributed by atoms with Gasteiger partial charge in [0.2, 0.25) is 0 Å². The summed E-state index contributed by atoms with van der Waals surface area (Å²) in [6.07, 6.45) is 6.59. The first-order chi connectivity index (χ1) is 9.56. The third-order valence-corrected chi connectivity index (χ3v) is 3.98. The van der Waals surface area contributed by atoms with Gasteiger partial charge in [0.1, 0.15) is 5.82 Å². The highest BCUT2D eigenvalue weighted by atomic mass is 16.5. The van der Waals surface area contributed by atoms with E-state index in [1.54, 1.807) is 19.2 Å². The highest BCUT2D eigenvalue weighted by Crippen LogP contribution is 2.37. The van der Waals surface area contributed by atoms with Gasteiger partial charge in [-0.2, -0.15) is 0 Å². The lowest BCUT2D eigenvalue weighted by molar-refractivity contribution is 0.0527. The van der Waals surface area contributed by atoms with E-state index in [0.29, 0.717) is 29.1 Å². The summed E-state index contributed by atoms with van der Waals surface area (Å²) in [5.41, 5.74) is 7.06. The Labute approximate surface area is 119 Å². The number of hydrogen-bond acceptors (Lipinski definition) is 5. The average Bonchev–Trinajstić information content (AvgIpc) is 2.85. The number of nitrogen functional groups attached to an aromatic ring is 1. The minimum Gasteiger partial charge on any atom is -0.462 e. The highest BCUT2D eigenvalue weighted by Gasteiger charge is 2.28. The van der Waals surface area contributed by atoms with Crippen molar-refractivity contribution in [2.75, 3.05) is 24.2 Å². The molecule has 0 saturated heterocycles. The van der Waals surface area contributed by atoms with Gasteiger partial charge in [-0.3, -0.25) is 0 Å². The Morgan fingerprint density at radius 3 is 2.85 bits per heavy atom. The molecule has 1 fully saturated rings. The number of anilines is 2. The molecule has 1 heterocycles. The van der Waals surface area contributed by atoms with E-state index in [1.165, 1.54) is 25.7 Å². The summed E-state index contributed by atoms with van der Waals surface area (Å²) >= 11 is 0. The van der Waals surface area contributed by atoms with E-state index in [-0.39, 0.29) is 0 Å². The van der Waals surface area contributed by atoms with Crippen molar-refractivity contribution < 1.29 is 9.53 Å². The minimum atomic E-state index is -0.400. The number of esters is 1. The summed E-state index contributed by atoms with van der Waals surface area (Å²) in [5.74, 6) is 0.172. The van der Waals surface area contributed by atoms with Crippen molar-refractivity contribution >= 4 is 17.5 Å². The van der Waals surface area contributed by atoms with E-state index in [2.05, 4.69) is 17.2 Å². The summed E-state index contributed by atoms with van der Waals surface area (Å²) in [6, 6.07) is 1.59. The quantitative estimate of drug-likeness (QED) is 0.809. The lowest BCUT2D eigenvalue weighted by Crippen LogP contribution is -2.24. The van der Waals surface area contributed by atoms with Crippen molar-refractivity contribution in [2.45, 2.75) is 39.5 Å². The van der Waals surface area contributed by atoms with Crippen LogP contribution in [0.1, 0.15) is 49.9 Å². The van der Waals surface area contributed by atoms with Crippen molar-refractivity contribution in [1.29, 1.82) is 0 Å². The second-order valence-electron chi connectivity index (χ2n) is 5.71. The van der Waals surface area contributed by atoms with Crippen LogP contribution in [0.3, 0.4) is 0 Å². The first-order valence-electron chi connectivity index (χ1n) is 7.21. The third kappa shape index (κ3) is 3.21. The molecule has 0 unspecified atom stereocenters. The molecule has 0 amide bonds. The van der Waals surface area contributed by atoms with Gasteiger partial charge >= 0.3 is 5.97 Å². The predicted octanol–water partition coefficient (Wildman–Crippen LogP) is 2.83. The van der Waals surface area contributed by atoms with Gasteiger partial charge in [0.05, 0.1) is 17.9 Å². The van der Waals surface area contributed by atoms with E-state index in [4.69, 9.17) is 10.5 Å². The van der Waals surface area contributed by atoms with Crippen LogP contribution in [0.25, 0.3) is 0 Å². The largest absolute Gasteiger partial charge is 0.462 e. The third-order valence-electron chi connectivity index (χ3n) is 3.98. The number of pyridine rings is 1. The Morgan fingerprint density at radius 1 is 1.50 bits per heavy atom. The zero-order chi connectivity index (χ0) is 14.6. The van der Waals surface area contributed by atoms with Crippen LogP contribution in [0.4, 0.5) is 11.5 Å².